The molecule has 0 spiro atoms. The summed E-state index contributed by atoms with van der Waals surface area (Å²) in [5.41, 5.74) is 1.27. The normalized spacial score (nSPS) is 17.2. The summed E-state index contributed by atoms with van der Waals surface area (Å²) in [6.07, 6.45) is 4.75. The number of nitrogens with one attached hydrogen (secondary N) is 1. The monoisotopic (exact) mass is 392 g/mol. The van der Waals surface area contributed by atoms with E-state index in [0.29, 0.717) is 22.9 Å². The Hall–Kier alpha value is -2.66. The van der Waals surface area contributed by atoms with Gasteiger partial charge in [0.2, 0.25) is 0 Å². The van der Waals surface area contributed by atoms with Gasteiger partial charge < -0.3 is 15.0 Å². The predicted octanol–water partition coefficient (Wildman–Crippen LogP) is 3.29. The maximum Gasteiger partial charge on any atom is 0.260 e. The summed E-state index contributed by atoms with van der Waals surface area (Å²) in [5, 5.41) is 3.63. The molecule has 0 aromatic heterocycles. The highest BCUT2D eigenvalue weighted by molar-refractivity contribution is 6.08. The molecule has 2 aromatic carbocycles. The zero-order chi connectivity index (χ0) is 20.1. The average Bonchev–Trinajstić information content (AvgIpc) is 3.61. The first-order chi connectivity index (χ1) is 14.2. The summed E-state index contributed by atoms with van der Waals surface area (Å²) < 4.78 is 5.66. The molecular weight excluding hydrogens is 364 g/mol. The fraction of sp³-hybridized carbons (Fsp3) is 0.417. The zero-order valence-electron chi connectivity index (χ0n) is 16.7. The molecule has 0 bridgehead atoms. The lowest BCUT2D eigenvalue weighted by Gasteiger charge is -2.32. The molecule has 0 unspecified atom stereocenters. The number of nitrogens with zero attached hydrogens (tertiary/aromatic N) is 1. The minimum Gasteiger partial charge on any atom is -0.484 e. The molecule has 1 amide bonds. The summed E-state index contributed by atoms with van der Waals surface area (Å²) in [6.45, 7) is 2.74. The van der Waals surface area contributed by atoms with E-state index in [1.54, 1.807) is 36.4 Å². The first-order valence-electron chi connectivity index (χ1n) is 10.5. The van der Waals surface area contributed by atoms with Crippen LogP contribution in [0.4, 0.5) is 0 Å². The van der Waals surface area contributed by atoms with Crippen LogP contribution in [0.5, 0.6) is 5.75 Å². The number of carbonyl (C=O) groups is 2. The average molecular weight is 392 g/mol. The number of amides is 1. The van der Waals surface area contributed by atoms with Crippen molar-refractivity contribution in [3.05, 3.63) is 65.7 Å². The maximum absolute atomic E-state index is 12.4. The lowest BCUT2D eigenvalue weighted by atomic mass is 10.0. The zero-order valence-corrected chi connectivity index (χ0v) is 16.7. The Kier molecular flexibility index (Phi) is 6.25. The van der Waals surface area contributed by atoms with E-state index in [0.717, 1.165) is 38.4 Å². The molecular formula is C24H28N2O3. The summed E-state index contributed by atoms with van der Waals surface area (Å²) in [7, 11) is 0. The Bertz CT molecular complexity index is 823. The van der Waals surface area contributed by atoms with Gasteiger partial charge in [0.1, 0.15) is 5.75 Å². The number of likely N-dealkylation sites (tertiary alicyclic amines) is 1. The molecule has 5 nitrogen and oxygen atoms in total. The van der Waals surface area contributed by atoms with Gasteiger partial charge in [-0.05, 0) is 62.4 Å². The topological polar surface area (TPSA) is 58.6 Å². The molecule has 1 N–H and O–H groups in total. The van der Waals surface area contributed by atoms with E-state index in [2.05, 4.69) is 5.32 Å². The van der Waals surface area contributed by atoms with E-state index in [1.165, 1.54) is 12.8 Å². The fourth-order valence-electron chi connectivity index (χ4n) is 3.68. The van der Waals surface area contributed by atoms with Gasteiger partial charge in [-0.2, -0.15) is 0 Å². The molecule has 1 aliphatic carbocycles. The Morgan fingerprint density at radius 1 is 0.897 bits per heavy atom. The molecule has 0 radical (unpaired) electrons. The fourth-order valence-corrected chi connectivity index (χ4v) is 3.68. The number of rotatable bonds is 8. The third-order valence-electron chi connectivity index (χ3n) is 5.75. The Labute approximate surface area is 172 Å². The molecule has 1 heterocycles. The minimum atomic E-state index is -0.0219. The lowest BCUT2D eigenvalue weighted by molar-refractivity contribution is -0.134. The predicted molar refractivity (Wildman–Crippen MR) is 112 cm³/mol. The van der Waals surface area contributed by atoms with Crippen molar-refractivity contribution in [2.24, 2.45) is 5.92 Å². The van der Waals surface area contributed by atoms with Crippen molar-refractivity contribution < 1.29 is 14.3 Å². The van der Waals surface area contributed by atoms with Crippen LogP contribution in [0.15, 0.2) is 54.6 Å². The number of carbonyl (C=O) groups excluding carboxylic acids is 2. The van der Waals surface area contributed by atoms with Gasteiger partial charge in [-0.3, -0.25) is 9.59 Å². The first kappa shape index (κ1) is 19.6. The quantitative estimate of drug-likeness (QED) is 0.701. The van der Waals surface area contributed by atoms with Gasteiger partial charge in [0.15, 0.2) is 12.4 Å². The van der Waals surface area contributed by atoms with Crippen molar-refractivity contribution in [1.82, 2.24) is 10.2 Å². The van der Waals surface area contributed by atoms with E-state index >= 15 is 0 Å². The van der Waals surface area contributed by atoms with Crippen LogP contribution in [0.1, 0.15) is 41.6 Å². The first-order valence-corrected chi connectivity index (χ1v) is 10.5. The molecule has 29 heavy (non-hydrogen) atoms. The van der Waals surface area contributed by atoms with E-state index in [1.807, 2.05) is 23.1 Å². The highest BCUT2D eigenvalue weighted by atomic mass is 16.5. The van der Waals surface area contributed by atoms with Crippen LogP contribution in [0.3, 0.4) is 0 Å². The van der Waals surface area contributed by atoms with Gasteiger partial charge in [0, 0.05) is 30.3 Å². The molecule has 2 aliphatic rings. The smallest absolute Gasteiger partial charge is 0.260 e. The number of benzene rings is 2. The molecule has 152 valence electrons. The van der Waals surface area contributed by atoms with E-state index in [4.69, 9.17) is 4.74 Å². The van der Waals surface area contributed by atoms with Crippen molar-refractivity contribution in [3.63, 3.8) is 0 Å². The largest absolute Gasteiger partial charge is 0.484 e. The van der Waals surface area contributed by atoms with E-state index < -0.39 is 0 Å². The molecule has 2 aromatic rings. The molecule has 2 fully saturated rings. The molecule has 1 aliphatic heterocycles. The van der Waals surface area contributed by atoms with Gasteiger partial charge >= 0.3 is 0 Å². The number of piperidine rings is 1. The van der Waals surface area contributed by atoms with Crippen LogP contribution in [-0.4, -0.2) is 48.9 Å². The maximum atomic E-state index is 12.4. The Morgan fingerprint density at radius 2 is 1.55 bits per heavy atom. The molecule has 1 saturated carbocycles. The highest BCUT2D eigenvalue weighted by Gasteiger charge is 2.26. The van der Waals surface area contributed by atoms with Crippen molar-refractivity contribution in [3.8, 4) is 5.75 Å². The molecule has 0 atom stereocenters. The minimum absolute atomic E-state index is 0.0219. The van der Waals surface area contributed by atoms with Crippen LogP contribution in [0, 0.1) is 5.92 Å². The van der Waals surface area contributed by atoms with Gasteiger partial charge in [0.05, 0.1) is 0 Å². The van der Waals surface area contributed by atoms with E-state index in [-0.39, 0.29) is 18.3 Å². The lowest BCUT2D eigenvalue weighted by Crippen LogP contribution is -2.46. The van der Waals surface area contributed by atoms with Crippen LogP contribution in [0.2, 0.25) is 0 Å². The van der Waals surface area contributed by atoms with E-state index in [9.17, 15) is 9.59 Å². The van der Waals surface area contributed by atoms with Crippen molar-refractivity contribution in [2.75, 3.05) is 26.2 Å². The number of ketones is 1. The van der Waals surface area contributed by atoms with Crippen molar-refractivity contribution in [1.29, 1.82) is 0 Å². The number of hydrogen-bond acceptors (Lipinski definition) is 4. The molecule has 4 rings (SSSR count). The highest BCUT2D eigenvalue weighted by Crippen LogP contribution is 2.28. The second kappa shape index (κ2) is 9.23. The van der Waals surface area contributed by atoms with Crippen LogP contribution < -0.4 is 10.1 Å². The van der Waals surface area contributed by atoms with Gasteiger partial charge in [-0.15, -0.1) is 0 Å². The van der Waals surface area contributed by atoms with Crippen molar-refractivity contribution >= 4 is 11.7 Å². The Morgan fingerprint density at radius 3 is 2.21 bits per heavy atom. The summed E-state index contributed by atoms with van der Waals surface area (Å²) in [6, 6.07) is 16.7. The molecule has 1 saturated heterocycles. The molecule has 5 heteroatoms. The van der Waals surface area contributed by atoms with Crippen molar-refractivity contribution in [2.45, 2.75) is 31.7 Å². The van der Waals surface area contributed by atoms with Gasteiger partial charge in [-0.1, -0.05) is 30.3 Å². The standard InChI is InChI=1S/C24H28N2O3/c27-23(26-14-12-21(13-15-26)25-16-18-6-7-18)17-29-22-10-8-20(9-11-22)24(28)19-4-2-1-3-5-19/h1-5,8-11,18,21,25H,6-7,12-17H2. The number of hydrogen-bond donors (Lipinski definition) is 1. The summed E-state index contributed by atoms with van der Waals surface area (Å²) in [5.74, 6) is 1.49. The number of ether oxygens (including phenoxy) is 1. The summed E-state index contributed by atoms with van der Waals surface area (Å²) >= 11 is 0. The van der Waals surface area contributed by atoms with Crippen LogP contribution >= 0.6 is 0 Å². The third-order valence-corrected chi connectivity index (χ3v) is 5.75. The second-order valence-corrected chi connectivity index (χ2v) is 8.01. The van der Waals surface area contributed by atoms with Crippen LogP contribution in [-0.2, 0) is 4.79 Å². The SMILES string of the molecule is O=C(c1ccccc1)c1ccc(OCC(=O)N2CCC(NCC3CC3)CC2)cc1. The second-order valence-electron chi connectivity index (χ2n) is 8.01. The summed E-state index contributed by atoms with van der Waals surface area (Å²) in [4.78, 5) is 26.8. The van der Waals surface area contributed by atoms with Crippen LogP contribution in [0.25, 0.3) is 0 Å². The third kappa shape index (κ3) is 5.45. The Balaban J connectivity index is 1.22. The van der Waals surface area contributed by atoms with Gasteiger partial charge in [0.25, 0.3) is 5.91 Å². The van der Waals surface area contributed by atoms with Gasteiger partial charge in [-0.25, -0.2) is 0 Å².